The van der Waals surface area contributed by atoms with Crippen LogP contribution in [0.4, 0.5) is 5.82 Å². The monoisotopic (exact) mass is 359 g/mol. The van der Waals surface area contributed by atoms with Crippen molar-refractivity contribution in [3.63, 3.8) is 0 Å². The number of rotatable bonds is 8. The second-order valence-corrected chi connectivity index (χ2v) is 6.73. The van der Waals surface area contributed by atoms with Gasteiger partial charge in [0.05, 0.1) is 19.7 Å². The zero-order chi connectivity index (χ0) is 18.4. The number of hydrogen-bond donors (Lipinski definition) is 1. The number of methoxy groups -OCH3 is 2. The summed E-state index contributed by atoms with van der Waals surface area (Å²) in [7, 11) is 5.46. The molecule has 1 N–H and O–H groups in total. The third-order valence-electron chi connectivity index (χ3n) is 4.93. The second kappa shape index (κ2) is 9.00. The minimum absolute atomic E-state index is 0.678. The molecule has 0 atom stereocenters. The number of nitrogens with one attached hydrogen (secondary N) is 1. The van der Waals surface area contributed by atoms with E-state index >= 15 is 0 Å². The summed E-state index contributed by atoms with van der Waals surface area (Å²) in [5.41, 5.74) is 0.845. The molecule has 0 saturated carbocycles. The Bertz CT molecular complexity index is 716. The highest BCUT2D eigenvalue weighted by molar-refractivity contribution is 5.91. The van der Waals surface area contributed by atoms with Crippen molar-refractivity contribution in [2.45, 2.75) is 12.8 Å². The van der Waals surface area contributed by atoms with Gasteiger partial charge >= 0.3 is 0 Å². The number of unbranched alkanes of at least 4 members (excludes halogenated alkanes) is 1. The van der Waals surface area contributed by atoms with Gasteiger partial charge in [0.1, 0.15) is 12.1 Å². The first-order chi connectivity index (χ1) is 12.7. The predicted octanol–water partition coefficient (Wildman–Crippen LogP) is 2.09. The average molecular weight is 359 g/mol. The largest absolute Gasteiger partial charge is 0.493 e. The highest BCUT2D eigenvalue weighted by Gasteiger charge is 2.13. The van der Waals surface area contributed by atoms with Crippen molar-refractivity contribution in [1.29, 1.82) is 0 Å². The fourth-order valence-corrected chi connectivity index (χ4v) is 3.26. The van der Waals surface area contributed by atoms with Gasteiger partial charge in [0, 0.05) is 44.2 Å². The molecule has 142 valence electrons. The van der Waals surface area contributed by atoms with Gasteiger partial charge in [-0.05, 0) is 32.5 Å². The molecule has 0 spiro atoms. The summed E-state index contributed by atoms with van der Waals surface area (Å²) < 4.78 is 10.7. The molecule has 1 saturated heterocycles. The van der Waals surface area contributed by atoms with E-state index in [2.05, 4.69) is 32.1 Å². The second-order valence-electron chi connectivity index (χ2n) is 6.73. The normalized spacial score (nSPS) is 16.0. The van der Waals surface area contributed by atoms with Crippen LogP contribution in [0.5, 0.6) is 11.5 Å². The van der Waals surface area contributed by atoms with E-state index in [4.69, 9.17) is 9.47 Å². The third-order valence-corrected chi connectivity index (χ3v) is 4.93. The van der Waals surface area contributed by atoms with Gasteiger partial charge in [0.15, 0.2) is 11.5 Å². The van der Waals surface area contributed by atoms with Crippen LogP contribution in [-0.4, -0.2) is 80.3 Å². The standard InChI is InChI=1S/C19H29N5O2/c1-23-8-10-24(11-9-23)7-5-4-6-20-19-15-12-17(25-2)18(26-3)13-16(15)21-14-22-19/h12-14H,4-11H2,1-3H3,(H,20,21,22). The molecule has 1 aliphatic heterocycles. The molecule has 2 aromatic rings. The number of hydrogen-bond acceptors (Lipinski definition) is 7. The average Bonchev–Trinajstić information content (AvgIpc) is 2.68. The maximum absolute atomic E-state index is 5.40. The Morgan fingerprint density at radius 2 is 1.73 bits per heavy atom. The Balaban J connectivity index is 1.54. The van der Waals surface area contributed by atoms with Crippen molar-refractivity contribution in [3.8, 4) is 11.5 Å². The summed E-state index contributed by atoms with van der Waals surface area (Å²) in [5, 5.41) is 4.40. The molecule has 0 aliphatic carbocycles. The van der Waals surface area contributed by atoms with Crippen LogP contribution in [-0.2, 0) is 0 Å². The molecule has 0 bridgehead atoms. The van der Waals surface area contributed by atoms with Gasteiger partial charge in [-0.1, -0.05) is 0 Å². The van der Waals surface area contributed by atoms with Gasteiger partial charge < -0.3 is 24.6 Å². The number of anilines is 1. The highest BCUT2D eigenvalue weighted by Crippen LogP contribution is 2.33. The van der Waals surface area contributed by atoms with E-state index in [-0.39, 0.29) is 0 Å². The maximum Gasteiger partial charge on any atom is 0.162 e. The number of nitrogens with zero attached hydrogens (tertiary/aromatic N) is 4. The fraction of sp³-hybridized carbons (Fsp3) is 0.579. The summed E-state index contributed by atoms with van der Waals surface area (Å²) >= 11 is 0. The van der Waals surface area contributed by atoms with Crippen LogP contribution in [0.25, 0.3) is 10.9 Å². The topological polar surface area (TPSA) is 62.8 Å². The maximum atomic E-state index is 5.40. The molecule has 0 unspecified atom stereocenters. The van der Waals surface area contributed by atoms with Gasteiger partial charge in [0.25, 0.3) is 0 Å². The van der Waals surface area contributed by atoms with Gasteiger partial charge in [-0.3, -0.25) is 0 Å². The summed E-state index contributed by atoms with van der Waals surface area (Å²) in [6.07, 6.45) is 3.89. The molecular formula is C19H29N5O2. The van der Waals surface area contributed by atoms with Crippen LogP contribution in [0.15, 0.2) is 18.5 Å². The van der Waals surface area contributed by atoms with Crippen LogP contribution >= 0.6 is 0 Å². The van der Waals surface area contributed by atoms with E-state index < -0.39 is 0 Å². The molecule has 3 rings (SSSR count). The number of piperazine rings is 1. The Kier molecular flexibility index (Phi) is 6.46. The molecule has 26 heavy (non-hydrogen) atoms. The van der Waals surface area contributed by atoms with Gasteiger partial charge in [0.2, 0.25) is 0 Å². The van der Waals surface area contributed by atoms with E-state index in [1.807, 2.05) is 12.1 Å². The number of ether oxygens (including phenoxy) is 2. The Morgan fingerprint density at radius 3 is 2.46 bits per heavy atom. The van der Waals surface area contributed by atoms with Crippen molar-refractivity contribution in [1.82, 2.24) is 19.8 Å². The van der Waals surface area contributed by atoms with E-state index in [9.17, 15) is 0 Å². The predicted molar refractivity (Wildman–Crippen MR) is 104 cm³/mol. The number of benzene rings is 1. The van der Waals surface area contributed by atoms with Crippen molar-refractivity contribution in [3.05, 3.63) is 18.5 Å². The van der Waals surface area contributed by atoms with Crippen LogP contribution in [0.2, 0.25) is 0 Å². The molecule has 2 heterocycles. The molecule has 7 nitrogen and oxygen atoms in total. The van der Waals surface area contributed by atoms with Crippen LogP contribution < -0.4 is 14.8 Å². The first-order valence-corrected chi connectivity index (χ1v) is 9.22. The molecule has 7 heteroatoms. The Labute approximate surface area is 155 Å². The lowest BCUT2D eigenvalue weighted by molar-refractivity contribution is 0.152. The Morgan fingerprint density at radius 1 is 1.00 bits per heavy atom. The zero-order valence-corrected chi connectivity index (χ0v) is 16.0. The molecule has 1 aliphatic rings. The zero-order valence-electron chi connectivity index (χ0n) is 16.0. The van der Waals surface area contributed by atoms with Crippen molar-refractivity contribution in [2.75, 3.05) is 65.9 Å². The van der Waals surface area contributed by atoms with Gasteiger partial charge in [-0.2, -0.15) is 0 Å². The molecule has 1 aromatic heterocycles. The summed E-state index contributed by atoms with van der Waals surface area (Å²) in [6, 6.07) is 3.81. The van der Waals surface area contributed by atoms with E-state index in [1.54, 1.807) is 20.5 Å². The quantitative estimate of drug-likeness (QED) is 0.724. The molecule has 1 fully saturated rings. The van der Waals surface area contributed by atoms with Crippen LogP contribution in [0.1, 0.15) is 12.8 Å². The summed E-state index contributed by atoms with van der Waals surface area (Å²) in [4.78, 5) is 13.7. The van der Waals surface area contributed by atoms with Gasteiger partial charge in [-0.15, -0.1) is 0 Å². The number of fused-ring (bicyclic) bond motifs is 1. The fourth-order valence-electron chi connectivity index (χ4n) is 3.26. The van der Waals surface area contributed by atoms with Crippen molar-refractivity contribution < 1.29 is 9.47 Å². The van der Waals surface area contributed by atoms with E-state index in [1.165, 1.54) is 39.1 Å². The highest BCUT2D eigenvalue weighted by atomic mass is 16.5. The first kappa shape index (κ1) is 18.7. The lowest BCUT2D eigenvalue weighted by Gasteiger charge is -2.32. The molecule has 1 aromatic carbocycles. The van der Waals surface area contributed by atoms with Crippen LogP contribution in [0, 0.1) is 0 Å². The van der Waals surface area contributed by atoms with E-state index in [0.717, 1.165) is 29.7 Å². The van der Waals surface area contributed by atoms with Crippen molar-refractivity contribution in [2.24, 2.45) is 0 Å². The SMILES string of the molecule is COc1cc2ncnc(NCCCCN3CCN(C)CC3)c2cc1OC. The van der Waals surface area contributed by atoms with Crippen LogP contribution in [0.3, 0.4) is 0 Å². The van der Waals surface area contributed by atoms with Crippen molar-refractivity contribution >= 4 is 16.7 Å². The number of likely N-dealkylation sites (N-methyl/N-ethyl adjacent to an activating group) is 1. The lowest BCUT2D eigenvalue weighted by atomic mass is 10.2. The molecule has 0 amide bonds. The summed E-state index contributed by atoms with van der Waals surface area (Å²) in [6.45, 7) is 6.79. The third kappa shape index (κ3) is 4.53. The molecular weight excluding hydrogens is 330 g/mol. The van der Waals surface area contributed by atoms with E-state index in [0.29, 0.717) is 11.5 Å². The molecule has 0 radical (unpaired) electrons. The van der Waals surface area contributed by atoms with Gasteiger partial charge in [-0.25, -0.2) is 9.97 Å². The minimum atomic E-state index is 0.678. The smallest absolute Gasteiger partial charge is 0.162 e. The number of aromatic nitrogens is 2. The Hall–Kier alpha value is -2.12. The lowest BCUT2D eigenvalue weighted by Crippen LogP contribution is -2.44. The summed E-state index contributed by atoms with van der Waals surface area (Å²) in [5.74, 6) is 2.21. The minimum Gasteiger partial charge on any atom is -0.493 e. The first-order valence-electron chi connectivity index (χ1n) is 9.22.